The number of halogens is 4. The van der Waals surface area contributed by atoms with E-state index in [1.807, 2.05) is 0 Å². The van der Waals surface area contributed by atoms with Gasteiger partial charge in [0, 0.05) is 0 Å². The standard InChI is InChI=1S/C9H6ClF3O/c10-7-2-1-5(8-4-14-8)3-6(7)9(11,12)13/h1-3,8H,4H2/t8-/m1/s1. The van der Waals surface area contributed by atoms with Crippen LogP contribution in [0.1, 0.15) is 17.2 Å². The Labute approximate surface area is 83.4 Å². The normalized spacial score (nSPS) is 21.0. The van der Waals surface area contributed by atoms with E-state index < -0.39 is 11.7 Å². The fourth-order valence-electron chi connectivity index (χ4n) is 1.20. The number of alkyl halides is 3. The fraction of sp³-hybridized carbons (Fsp3) is 0.333. The van der Waals surface area contributed by atoms with Gasteiger partial charge in [-0.1, -0.05) is 17.7 Å². The summed E-state index contributed by atoms with van der Waals surface area (Å²) in [6.07, 6.45) is -4.59. The Hall–Kier alpha value is -0.740. The molecule has 1 heterocycles. The smallest absolute Gasteiger partial charge is 0.368 e. The van der Waals surface area contributed by atoms with Crippen molar-refractivity contribution in [1.29, 1.82) is 0 Å². The van der Waals surface area contributed by atoms with E-state index in [1.165, 1.54) is 6.07 Å². The van der Waals surface area contributed by atoms with Gasteiger partial charge < -0.3 is 4.74 Å². The molecule has 5 heteroatoms. The van der Waals surface area contributed by atoms with Gasteiger partial charge in [0.05, 0.1) is 17.2 Å². The minimum Gasteiger partial charge on any atom is -0.368 e. The number of rotatable bonds is 1. The molecule has 0 unspecified atom stereocenters. The van der Waals surface area contributed by atoms with Crippen molar-refractivity contribution in [3.8, 4) is 0 Å². The van der Waals surface area contributed by atoms with E-state index in [1.54, 1.807) is 6.07 Å². The Bertz CT molecular complexity index is 358. The van der Waals surface area contributed by atoms with Crippen LogP contribution in [0.2, 0.25) is 5.02 Å². The van der Waals surface area contributed by atoms with Crippen molar-refractivity contribution in [2.75, 3.05) is 6.61 Å². The van der Waals surface area contributed by atoms with E-state index in [-0.39, 0.29) is 11.1 Å². The van der Waals surface area contributed by atoms with Crippen molar-refractivity contribution in [3.63, 3.8) is 0 Å². The zero-order valence-corrected chi connectivity index (χ0v) is 7.69. The Morgan fingerprint density at radius 2 is 2.00 bits per heavy atom. The van der Waals surface area contributed by atoms with Crippen LogP contribution < -0.4 is 0 Å². The first-order chi connectivity index (χ1) is 6.48. The van der Waals surface area contributed by atoms with Crippen molar-refractivity contribution in [2.24, 2.45) is 0 Å². The molecule has 1 fully saturated rings. The summed E-state index contributed by atoms with van der Waals surface area (Å²) in [5.74, 6) is 0. The van der Waals surface area contributed by atoms with Crippen molar-refractivity contribution in [2.45, 2.75) is 12.3 Å². The van der Waals surface area contributed by atoms with Crippen molar-refractivity contribution >= 4 is 11.6 Å². The average molecular weight is 223 g/mol. The molecular weight excluding hydrogens is 217 g/mol. The molecule has 0 radical (unpaired) electrons. The number of hydrogen-bond donors (Lipinski definition) is 0. The second-order valence-corrected chi connectivity index (χ2v) is 3.47. The molecule has 1 atom stereocenters. The lowest BCUT2D eigenvalue weighted by atomic mass is 10.1. The monoisotopic (exact) mass is 222 g/mol. The third kappa shape index (κ3) is 1.86. The quantitative estimate of drug-likeness (QED) is 0.664. The fourth-order valence-corrected chi connectivity index (χ4v) is 1.43. The first-order valence-corrected chi connectivity index (χ1v) is 4.34. The summed E-state index contributed by atoms with van der Waals surface area (Å²) in [6, 6.07) is 3.84. The zero-order valence-electron chi connectivity index (χ0n) is 6.94. The SMILES string of the molecule is FC(F)(F)c1cc([C@H]2CO2)ccc1Cl. The number of epoxide rings is 1. The van der Waals surface area contributed by atoms with E-state index >= 15 is 0 Å². The van der Waals surface area contributed by atoms with Gasteiger partial charge in [0.25, 0.3) is 0 Å². The third-order valence-electron chi connectivity index (χ3n) is 2.00. The predicted molar refractivity (Wildman–Crippen MR) is 45.1 cm³/mol. The van der Waals surface area contributed by atoms with E-state index in [0.717, 1.165) is 6.07 Å². The summed E-state index contributed by atoms with van der Waals surface area (Å²) in [4.78, 5) is 0. The number of benzene rings is 1. The van der Waals surface area contributed by atoms with Crippen LogP contribution >= 0.6 is 11.6 Å². The molecule has 76 valence electrons. The topological polar surface area (TPSA) is 12.5 Å². The molecule has 0 saturated carbocycles. The van der Waals surface area contributed by atoms with Gasteiger partial charge in [-0.25, -0.2) is 0 Å². The Morgan fingerprint density at radius 1 is 1.36 bits per heavy atom. The minimum atomic E-state index is -4.40. The van der Waals surface area contributed by atoms with Crippen molar-refractivity contribution in [1.82, 2.24) is 0 Å². The van der Waals surface area contributed by atoms with Crippen LogP contribution in [-0.2, 0) is 10.9 Å². The lowest BCUT2D eigenvalue weighted by molar-refractivity contribution is -0.137. The van der Waals surface area contributed by atoms with Crippen LogP contribution in [0.25, 0.3) is 0 Å². The van der Waals surface area contributed by atoms with Crippen molar-refractivity contribution in [3.05, 3.63) is 34.3 Å². The molecule has 0 spiro atoms. The predicted octanol–water partition coefficient (Wildman–Crippen LogP) is 3.43. The minimum absolute atomic E-state index is 0.187. The summed E-state index contributed by atoms with van der Waals surface area (Å²) < 4.78 is 42.1. The van der Waals surface area contributed by atoms with E-state index in [2.05, 4.69) is 0 Å². The molecule has 1 saturated heterocycles. The first kappa shape index (κ1) is 9.80. The van der Waals surface area contributed by atoms with Crippen LogP contribution in [0, 0.1) is 0 Å². The molecule has 2 rings (SSSR count). The Balaban J connectivity index is 2.41. The molecule has 1 aliphatic rings. The summed E-state index contributed by atoms with van der Waals surface area (Å²) in [5, 5.41) is -0.276. The summed E-state index contributed by atoms with van der Waals surface area (Å²) in [7, 11) is 0. The zero-order chi connectivity index (χ0) is 10.3. The third-order valence-corrected chi connectivity index (χ3v) is 2.33. The van der Waals surface area contributed by atoms with Gasteiger partial charge in [-0.15, -0.1) is 0 Å². The molecule has 0 amide bonds. The van der Waals surface area contributed by atoms with Crippen LogP contribution in [0.3, 0.4) is 0 Å². The summed E-state index contributed by atoms with van der Waals surface area (Å²) >= 11 is 5.45. The molecule has 1 aliphatic heterocycles. The average Bonchev–Trinajstić information content (AvgIpc) is 2.85. The van der Waals surface area contributed by atoms with Gasteiger partial charge in [-0.2, -0.15) is 13.2 Å². The molecule has 14 heavy (non-hydrogen) atoms. The lowest BCUT2D eigenvalue weighted by Gasteiger charge is -2.09. The second-order valence-electron chi connectivity index (χ2n) is 3.06. The summed E-state index contributed by atoms with van der Waals surface area (Å²) in [6.45, 7) is 0.485. The molecule has 0 aromatic heterocycles. The van der Waals surface area contributed by atoms with Crippen LogP contribution in [0.15, 0.2) is 18.2 Å². The number of ether oxygens (including phenoxy) is 1. The number of hydrogen-bond acceptors (Lipinski definition) is 1. The lowest BCUT2D eigenvalue weighted by Crippen LogP contribution is -2.06. The molecule has 0 aliphatic carbocycles. The van der Waals surface area contributed by atoms with Gasteiger partial charge in [-0.3, -0.25) is 0 Å². The molecule has 1 nitrogen and oxygen atoms in total. The van der Waals surface area contributed by atoms with Gasteiger partial charge in [0.1, 0.15) is 6.10 Å². The van der Waals surface area contributed by atoms with E-state index in [0.29, 0.717) is 12.2 Å². The highest BCUT2D eigenvalue weighted by molar-refractivity contribution is 6.31. The first-order valence-electron chi connectivity index (χ1n) is 3.97. The molecule has 0 bridgehead atoms. The van der Waals surface area contributed by atoms with Gasteiger partial charge in [0.2, 0.25) is 0 Å². The molecular formula is C9H6ClF3O. The van der Waals surface area contributed by atoms with Crippen LogP contribution in [-0.4, -0.2) is 6.61 Å². The van der Waals surface area contributed by atoms with E-state index in [4.69, 9.17) is 16.3 Å². The second kappa shape index (κ2) is 3.14. The highest BCUT2D eigenvalue weighted by Gasteiger charge is 2.35. The van der Waals surface area contributed by atoms with Gasteiger partial charge in [0.15, 0.2) is 0 Å². The summed E-state index contributed by atoms with van der Waals surface area (Å²) in [5.41, 5.74) is -0.270. The Morgan fingerprint density at radius 3 is 2.50 bits per heavy atom. The van der Waals surface area contributed by atoms with E-state index in [9.17, 15) is 13.2 Å². The van der Waals surface area contributed by atoms with Gasteiger partial charge >= 0.3 is 6.18 Å². The maximum absolute atomic E-state index is 12.4. The largest absolute Gasteiger partial charge is 0.417 e. The molecule has 1 aromatic rings. The van der Waals surface area contributed by atoms with Crippen LogP contribution in [0.4, 0.5) is 13.2 Å². The maximum Gasteiger partial charge on any atom is 0.417 e. The Kier molecular flexibility index (Phi) is 2.20. The van der Waals surface area contributed by atoms with Gasteiger partial charge in [-0.05, 0) is 17.7 Å². The molecule has 1 aromatic carbocycles. The maximum atomic E-state index is 12.4. The highest BCUT2D eigenvalue weighted by atomic mass is 35.5. The molecule has 0 N–H and O–H groups in total. The van der Waals surface area contributed by atoms with Crippen molar-refractivity contribution < 1.29 is 17.9 Å². The van der Waals surface area contributed by atoms with Crippen LogP contribution in [0.5, 0.6) is 0 Å². The highest BCUT2D eigenvalue weighted by Crippen LogP contribution is 2.38.